The van der Waals surface area contributed by atoms with Gasteiger partial charge in [-0.15, -0.1) is 0 Å². The number of nitrogens with zero attached hydrogens (tertiary/aromatic N) is 2. The van der Waals surface area contributed by atoms with Gasteiger partial charge in [0.2, 0.25) is 0 Å². The van der Waals surface area contributed by atoms with Gasteiger partial charge in [-0.05, 0) is 37.1 Å². The summed E-state index contributed by atoms with van der Waals surface area (Å²) in [5, 5.41) is 0. The van der Waals surface area contributed by atoms with Crippen molar-refractivity contribution in [1.29, 1.82) is 0 Å². The van der Waals surface area contributed by atoms with Gasteiger partial charge < -0.3 is 59.5 Å². The van der Waals surface area contributed by atoms with Crippen LogP contribution in [0, 0.1) is 0 Å². The van der Waals surface area contributed by atoms with Crippen LogP contribution < -0.4 is 9.80 Å². The van der Waals surface area contributed by atoms with E-state index in [-0.39, 0.29) is 19.5 Å². The van der Waals surface area contributed by atoms with Crippen LogP contribution in [0.1, 0.15) is 129 Å². The van der Waals surface area contributed by atoms with Gasteiger partial charge in [-0.3, -0.25) is 0 Å². The van der Waals surface area contributed by atoms with E-state index in [4.69, 9.17) is 49.7 Å². The average Bonchev–Trinajstić information content (AvgIpc) is 3.00. The summed E-state index contributed by atoms with van der Waals surface area (Å²) in [6.07, 6.45) is 24.1. The van der Waals surface area contributed by atoms with Gasteiger partial charge in [0.15, 0.2) is 0 Å². The van der Waals surface area contributed by atoms with Crippen LogP contribution in [0.5, 0.6) is 0 Å². The fraction of sp³-hybridized carbons (Fsp3) is 0.611. The fourth-order valence-electron chi connectivity index (χ4n) is 5.03. The molecule has 0 aromatic heterocycles. The molecule has 2 aromatic carbocycles. The molecule has 0 spiro atoms. The number of rotatable bonds is 22. The summed E-state index contributed by atoms with van der Waals surface area (Å²) in [6.45, 7) is 6.43. The molecule has 0 amide bonds. The first-order valence-electron chi connectivity index (χ1n) is 16.6. The van der Waals surface area contributed by atoms with Gasteiger partial charge >= 0.3 is 19.5 Å². The Morgan fingerprint density at radius 2 is 0.721 bits per heavy atom. The van der Waals surface area contributed by atoms with E-state index < -0.39 is 0 Å². The maximum Gasteiger partial charge on any atom is 2.00 e. The van der Waals surface area contributed by atoms with Crippen LogP contribution in [0.4, 0.5) is 11.4 Å². The van der Waals surface area contributed by atoms with Crippen molar-refractivity contribution in [3.8, 4) is 0 Å². The molecule has 0 N–H and O–H groups in total. The Hall–Kier alpha value is -0.717. The summed E-state index contributed by atoms with van der Waals surface area (Å²) in [5.41, 5.74) is 2.24. The van der Waals surface area contributed by atoms with Crippen molar-refractivity contribution in [3.05, 3.63) is 60.7 Å². The Balaban J connectivity index is 0.000000802. The molecule has 0 saturated carbocycles. The van der Waals surface area contributed by atoms with E-state index in [2.05, 4.69) is 47.9 Å². The third kappa shape index (κ3) is 22.4. The van der Waals surface area contributed by atoms with Crippen LogP contribution >= 0.6 is 24.4 Å². The molecule has 0 fully saturated rings. The van der Waals surface area contributed by atoms with Crippen molar-refractivity contribution >= 4 is 69.7 Å². The first-order valence-corrected chi connectivity index (χ1v) is 18.2. The standard InChI is InChI=1S/2C18H29NS2.Zn/c2*1-2-3-4-5-6-7-8-9-13-16-19(18(20)21)17-14-11-10-12-15-17;/h2*10-12,14-15H,2-9,13,16H2,1H3,(H,20,21);/q;;+2/p-2. The summed E-state index contributed by atoms with van der Waals surface area (Å²) in [7, 11) is 0. The largest absolute Gasteiger partial charge is 2.00 e. The zero-order chi connectivity index (χ0) is 30.7. The van der Waals surface area contributed by atoms with Crippen LogP contribution in [0.15, 0.2) is 60.7 Å². The van der Waals surface area contributed by atoms with E-state index in [1.165, 1.54) is 116 Å². The Morgan fingerprint density at radius 3 is 0.977 bits per heavy atom. The molecular formula is C36H56N2S4Zn. The smallest absolute Gasteiger partial charge is 0.411 e. The molecule has 7 heteroatoms. The maximum atomic E-state index is 5.20. The average molecular weight is 711 g/mol. The summed E-state index contributed by atoms with van der Waals surface area (Å²) in [6, 6.07) is 20.5. The molecule has 0 bridgehead atoms. The number of hydrogen-bond acceptors (Lipinski definition) is 4. The molecule has 0 heterocycles. The number of anilines is 2. The Labute approximate surface area is 300 Å². The number of benzene rings is 2. The van der Waals surface area contributed by atoms with Gasteiger partial charge in [-0.1, -0.05) is 162 Å². The zero-order valence-corrected chi connectivity index (χ0v) is 33.4. The number of para-hydroxylation sites is 2. The van der Waals surface area contributed by atoms with Gasteiger partial charge in [0.1, 0.15) is 0 Å². The van der Waals surface area contributed by atoms with E-state index in [0.717, 1.165) is 24.5 Å². The van der Waals surface area contributed by atoms with Gasteiger partial charge in [0.25, 0.3) is 0 Å². The third-order valence-corrected chi connectivity index (χ3v) is 8.43. The Morgan fingerprint density at radius 1 is 0.465 bits per heavy atom. The molecular weight excluding hydrogens is 654 g/mol. The predicted molar refractivity (Wildman–Crippen MR) is 202 cm³/mol. The quantitative estimate of drug-likeness (QED) is 0.0516. The van der Waals surface area contributed by atoms with Crippen LogP contribution in [0.2, 0.25) is 0 Å². The number of unbranched alkanes of at least 4 members (excludes halogenated alkanes) is 16. The zero-order valence-electron chi connectivity index (χ0n) is 27.2. The number of thiocarbonyl (C=S) groups is 2. The first-order chi connectivity index (χ1) is 20.5. The van der Waals surface area contributed by atoms with Crippen LogP contribution in [0.3, 0.4) is 0 Å². The van der Waals surface area contributed by atoms with Crippen molar-refractivity contribution in [2.24, 2.45) is 0 Å². The molecule has 0 atom stereocenters. The SMILES string of the molecule is CCCCCCCCCCCN(C(=S)[S-])c1ccccc1.CCCCCCCCCCCN(C(=S)[S-])c1ccccc1.[Zn+2]. The van der Waals surface area contributed by atoms with E-state index >= 15 is 0 Å². The topological polar surface area (TPSA) is 6.48 Å². The second-order valence-electron chi connectivity index (χ2n) is 11.2. The van der Waals surface area contributed by atoms with Crippen molar-refractivity contribution < 1.29 is 19.5 Å². The van der Waals surface area contributed by atoms with Crippen LogP contribution in [0.25, 0.3) is 0 Å². The summed E-state index contributed by atoms with van der Waals surface area (Å²) < 4.78 is 1.11. The minimum atomic E-state index is 0. The minimum Gasteiger partial charge on any atom is -0.411 e. The second-order valence-corrected chi connectivity index (χ2v) is 13.2. The predicted octanol–water partition coefficient (Wildman–Crippen LogP) is 11.7. The molecule has 0 radical (unpaired) electrons. The van der Waals surface area contributed by atoms with Crippen LogP contribution in [-0.4, -0.2) is 21.7 Å². The molecule has 0 unspecified atom stereocenters. The van der Waals surface area contributed by atoms with Gasteiger partial charge in [-0.25, -0.2) is 0 Å². The van der Waals surface area contributed by atoms with Gasteiger partial charge in [-0.2, -0.15) is 0 Å². The van der Waals surface area contributed by atoms with Crippen molar-refractivity contribution in [2.45, 2.75) is 129 Å². The second kappa shape index (κ2) is 30.0. The molecule has 236 valence electrons. The maximum absolute atomic E-state index is 5.20. The molecule has 43 heavy (non-hydrogen) atoms. The molecule has 2 nitrogen and oxygen atoms in total. The fourth-order valence-corrected chi connectivity index (χ4v) is 5.82. The first kappa shape index (κ1) is 42.3. The monoisotopic (exact) mass is 708 g/mol. The third-order valence-electron chi connectivity index (χ3n) is 7.55. The summed E-state index contributed by atoms with van der Waals surface area (Å²) in [5.74, 6) is 0. The minimum absolute atomic E-state index is 0. The summed E-state index contributed by atoms with van der Waals surface area (Å²) in [4.78, 5) is 4.15. The molecule has 0 aliphatic heterocycles. The van der Waals surface area contributed by atoms with Crippen LogP contribution in [-0.2, 0) is 44.7 Å². The molecule has 2 rings (SSSR count). The molecule has 2 aromatic rings. The van der Waals surface area contributed by atoms with E-state index in [1.54, 1.807) is 0 Å². The van der Waals surface area contributed by atoms with E-state index in [1.807, 2.05) is 36.4 Å². The normalized spacial score (nSPS) is 10.3. The summed E-state index contributed by atoms with van der Waals surface area (Å²) >= 11 is 20.8. The van der Waals surface area contributed by atoms with Gasteiger partial charge in [0, 0.05) is 24.5 Å². The Bertz CT molecular complexity index is 838. The van der Waals surface area contributed by atoms with Crippen molar-refractivity contribution in [2.75, 3.05) is 22.9 Å². The van der Waals surface area contributed by atoms with E-state index in [0.29, 0.717) is 8.64 Å². The molecule has 0 saturated heterocycles. The van der Waals surface area contributed by atoms with Gasteiger partial charge in [0.05, 0.1) is 0 Å². The number of hydrogen-bond donors (Lipinski definition) is 0. The molecule has 0 aliphatic rings. The molecule has 0 aliphatic carbocycles. The van der Waals surface area contributed by atoms with Crippen molar-refractivity contribution in [3.63, 3.8) is 0 Å². The Kier molecular flexibility index (Phi) is 29.5. The van der Waals surface area contributed by atoms with Crippen molar-refractivity contribution in [1.82, 2.24) is 0 Å². The van der Waals surface area contributed by atoms with E-state index in [9.17, 15) is 0 Å².